The third-order valence-electron chi connectivity index (χ3n) is 2.78. The molecule has 0 saturated heterocycles. The average molecular weight is 298 g/mol. The zero-order chi connectivity index (χ0) is 14.5. The number of hydrogen-bond donors (Lipinski definition) is 2. The molecule has 106 valence electrons. The first-order chi connectivity index (χ1) is 9.61. The predicted molar refractivity (Wildman–Crippen MR) is 73.5 cm³/mol. The lowest BCUT2D eigenvalue weighted by molar-refractivity contribution is 0.533. The van der Waals surface area contributed by atoms with Gasteiger partial charge >= 0.3 is 0 Å². The Balaban J connectivity index is 2.13. The largest absolute Gasteiger partial charge is 0.271 e. The molecule has 1 atom stereocenters. The first kappa shape index (κ1) is 14.9. The summed E-state index contributed by atoms with van der Waals surface area (Å²) in [5, 5.41) is 0. The highest BCUT2D eigenvalue weighted by Crippen LogP contribution is 2.27. The molecule has 0 amide bonds. The van der Waals surface area contributed by atoms with Crippen LogP contribution in [0.15, 0.2) is 47.4 Å². The van der Waals surface area contributed by atoms with Gasteiger partial charge in [0.25, 0.3) is 0 Å². The highest BCUT2D eigenvalue weighted by atomic mass is 32.2. The smallest absolute Gasteiger partial charge is 0.136 e. The van der Waals surface area contributed by atoms with Gasteiger partial charge in [0.2, 0.25) is 0 Å². The molecular formula is C14H13F3N2S. The van der Waals surface area contributed by atoms with Crippen LogP contribution < -0.4 is 11.3 Å². The van der Waals surface area contributed by atoms with Gasteiger partial charge in [0.15, 0.2) is 0 Å². The van der Waals surface area contributed by atoms with Gasteiger partial charge in [0.05, 0.1) is 6.04 Å². The fourth-order valence-corrected chi connectivity index (χ4v) is 2.75. The SMILES string of the molecule is NNC(CSc1ccccc1F)c1cc(F)ccc1F. The predicted octanol–water partition coefficient (Wildman–Crippen LogP) is 3.40. The summed E-state index contributed by atoms with van der Waals surface area (Å²) in [6.07, 6.45) is 0. The van der Waals surface area contributed by atoms with Crippen LogP contribution in [0.1, 0.15) is 11.6 Å². The third kappa shape index (κ3) is 3.53. The standard InChI is InChI=1S/C14H13F3N2S/c15-9-5-6-11(16)10(7-9)13(19-18)8-20-14-4-2-1-3-12(14)17/h1-7,13,19H,8,18H2. The van der Waals surface area contributed by atoms with Crippen molar-refractivity contribution < 1.29 is 13.2 Å². The molecule has 2 aromatic rings. The molecule has 2 rings (SSSR count). The van der Waals surface area contributed by atoms with Gasteiger partial charge in [0, 0.05) is 16.2 Å². The van der Waals surface area contributed by atoms with Crippen LogP contribution in [0.5, 0.6) is 0 Å². The maximum Gasteiger partial charge on any atom is 0.136 e. The number of benzene rings is 2. The Hall–Kier alpha value is -1.50. The van der Waals surface area contributed by atoms with E-state index in [0.717, 1.165) is 18.2 Å². The molecule has 0 saturated carbocycles. The van der Waals surface area contributed by atoms with E-state index in [4.69, 9.17) is 5.84 Å². The van der Waals surface area contributed by atoms with Crippen molar-refractivity contribution in [2.24, 2.45) is 5.84 Å². The third-order valence-corrected chi connectivity index (χ3v) is 3.92. The molecule has 0 aliphatic rings. The lowest BCUT2D eigenvalue weighted by atomic mass is 10.1. The monoisotopic (exact) mass is 298 g/mol. The molecule has 3 N–H and O–H groups in total. The van der Waals surface area contributed by atoms with E-state index in [1.807, 2.05) is 0 Å². The minimum absolute atomic E-state index is 0.122. The van der Waals surface area contributed by atoms with Crippen LogP contribution in [-0.4, -0.2) is 5.75 Å². The van der Waals surface area contributed by atoms with Crippen molar-refractivity contribution in [3.8, 4) is 0 Å². The van der Waals surface area contributed by atoms with Crippen molar-refractivity contribution in [3.05, 3.63) is 65.5 Å². The second-order valence-electron chi connectivity index (χ2n) is 4.13. The van der Waals surface area contributed by atoms with E-state index in [0.29, 0.717) is 4.90 Å². The van der Waals surface area contributed by atoms with Crippen LogP contribution in [0.4, 0.5) is 13.2 Å². The normalized spacial score (nSPS) is 12.4. The fourth-order valence-electron chi connectivity index (χ4n) is 1.74. The molecule has 0 fully saturated rings. The molecule has 2 nitrogen and oxygen atoms in total. The topological polar surface area (TPSA) is 38.0 Å². The summed E-state index contributed by atoms with van der Waals surface area (Å²) >= 11 is 1.18. The summed E-state index contributed by atoms with van der Waals surface area (Å²) in [5.74, 6) is 4.21. The van der Waals surface area contributed by atoms with Gasteiger partial charge in [-0.1, -0.05) is 12.1 Å². The Bertz CT molecular complexity index is 592. The maximum absolute atomic E-state index is 13.7. The summed E-state index contributed by atoms with van der Waals surface area (Å²) in [7, 11) is 0. The summed E-state index contributed by atoms with van der Waals surface area (Å²) in [4.78, 5) is 0.435. The molecule has 6 heteroatoms. The Morgan fingerprint density at radius 1 is 1.05 bits per heavy atom. The van der Waals surface area contributed by atoms with E-state index in [1.165, 1.54) is 17.8 Å². The van der Waals surface area contributed by atoms with Crippen LogP contribution in [0.3, 0.4) is 0 Å². The molecule has 20 heavy (non-hydrogen) atoms. The zero-order valence-corrected chi connectivity index (χ0v) is 11.3. The van der Waals surface area contributed by atoms with Crippen LogP contribution in [0.2, 0.25) is 0 Å². The van der Waals surface area contributed by atoms with Gasteiger partial charge in [0.1, 0.15) is 17.5 Å². The van der Waals surface area contributed by atoms with Gasteiger partial charge in [-0.3, -0.25) is 11.3 Å². The molecule has 0 radical (unpaired) electrons. The van der Waals surface area contributed by atoms with Gasteiger partial charge in [-0.25, -0.2) is 13.2 Å². The van der Waals surface area contributed by atoms with Crippen LogP contribution >= 0.6 is 11.8 Å². The number of rotatable bonds is 5. The zero-order valence-electron chi connectivity index (χ0n) is 10.4. The Morgan fingerprint density at radius 3 is 2.50 bits per heavy atom. The Labute approximate surface area is 119 Å². The molecule has 0 heterocycles. The Kier molecular flexibility index (Phi) is 5.05. The number of hydrazine groups is 1. The average Bonchev–Trinajstić information content (AvgIpc) is 2.45. The van der Waals surface area contributed by atoms with Crippen LogP contribution in [-0.2, 0) is 0 Å². The quantitative estimate of drug-likeness (QED) is 0.505. The summed E-state index contributed by atoms with van der Waals surface area (Å²) in [6.45, 7) is 0. The summed E-state index contributed by atoms with van der Waals surface area (Å²) < 4.78 is 40.3. The fraction of sp³-hybridized carbons (Fsp3) is 0.143. The number of hydrogen-bond acceptors (Lipinski definition) is 3. The van der Waals surface area contributed by atoms with Crippen molar-refractivity contribution in [1.29, 1.82) is 0 Å². The molecule has 0 aliphatic heterocycles. The lowest BCUT2D eigenvalue weighted by Gasteiger charge is -2.17. The van der Waals surface area contributed by atoms with Crippen LogP contribution in [0, 0.1) is 17.5 Å². The number of thioether (sulfide) groups is 1. The highest BCUT2D eigenvalue weighted by molar-refractivity contribution is 7.99. The van der Waals surface area contributed by atoms with Gasteiger partial charge in [-0.05, 0) is 30.3 Å². The summed E-state index contributed by atoms with van der Waals surface area (Å²) in [6, 6.07) is 8.81. The van der Waals surface area contributed by atoms with Crippen molar-refractivity contribution in [2.75, 3.05) is 5.75 Å². The van der Waals surface area contributed by atoms with E-state index >= 15 is 0 Å². The first-order valence-electron chi connectivity index (χ1n) is 5.90. The minimum atomic E-state index is -0.615. The molecule has 1 unspecified atom stereocenters. The summed E-state index contributed by atoms with van der Waals surface area (Å²) in [5.41, 5.74) is 2.55. The molecule has 0 aliphatic carbocycles. The number of nitrogens with two attached hydrogens (primary N) is 1. The molecule has 0 spiro atoms. The Morgan fingerprint density at radius 2 is 1.80 bits per heavy atom. The maximum atomic E-state index is 13.7. The van der Waals surface area contributed by atoms with E-state index < -0.39 is 17.7 Å². The van der Waals surface area contributed by atoms with E-state index in [9.17, 15) is 13.2 Å². The number of nitrogens with one attached hydrogen (secondary N) is 1. The van der Waals surface area contributed by atoms with Crippen molar-refractivity contribution >= 4 is 11.8 Å². The van der Waals surface area contributed by atoms with Crippen molar-refractivity contribution in [2.45, 2.75) is 10.9 Å². The van der Waals surface area contributed by atoms with E-state index in [-0.39, 0.29) is 17.1 Å². The molecule has 0 aromatic heterocycles. The second-order valence-corrected chi connectivity index (χ2v) is 5.19. The number of halogens is 3. The van der Waals surface area contributed by atoms with Gasteiger partial charge in [-0.15, -0.1) is 11.8 Å². The molecule has 0 bridgehead atoms. The molecule has 2 aromatic carbocycles. The highest BCUT2D eigenvalue weighted by Gasteiger charge is 2.16. The van der Waals surface area contributed by atoms with Crippen molar-refractivity contribution in [3.63, 3.8) is 0 Å². The van der Waals surface area contributed by atoms with Gasteiger partial charge in [-0.2, -0.15) is 0 Å². The van der Waals surface area contributed by atoms with Gasteiger partial charge < -0.3 is 0 Å². The first-order valence-corrected chi connectivity index (χ1v) is 6.89. The van der Waals surface area contributed by atoms with E-state index in [1.54, 1.807) is 18.2 Å². The lowest BCUT2D eigenvalue weighted by Crippen LogP contribution is -2.30. The minimum Gasteiger partial charge on any atom is -0.271 e. The van der Waals surface area contributed by atoms with Crippen LogP contribution in [0.25, 0.3) is 0 Å². The second kappa shape index (κ2) is 6.78. The molecular weight excluding hydrogens is 285 g/mol. The van der Waals surface area contributed by atoms with Crippen molar-refractivity contribution in [1.82, 2.24) is 5.43 Å². The van der Waals surface area contributed by atoms with E-state index in [2.05, 4.69) is 5.43 Å².